The Balaban J connectivity index is 1.36. The van der Waals surface area contributed by atoms with Crippen LogP contribution in [0.2, 0.25) is 0 Å². The number of ketones is 1. The molecular formula is C30H28FN5O5S. The van der Waals surface area contributed by atoms with Gasteiger partial charge in [0, 0.05) is 42.8 Å². The fourth-order valence-corrected chi connectivity index (χ4v) is 4.95. The number of hydrogen-bond acceptors (Lipinski definition) is 8. The highest BCUT2D eigenvalue weighted by molar-refractivity contribution is 7.90. The van der Waals surface area contributed by atoms with Crippen LogP contribution < -0.4 is 10.3 Å². The van der Waals surface area contributed by atoms with Gasteiger partial charge in [-0.2, -0.15) is 5.10 Å². The average molecular weight is 590 g/mol. The summed E-state index contributed by atoms with van der Waals surface area (Å²) in [7, 11) is -3.37. The molecule has 0 spiro atoms. The van der Waals surface area contributed by atoms with Crippen LogP contribution >= 0.6 is 0 Å². The minimum Gasteiger partial charge on any atom is -0.455 e. The summed E-state index contributed by atoms with van der Waals surface area (Å²) >= 11 is 0. The molecule has 0 unspecified atom stereocenters. The molecule has 0 fully saturated rings. The molecule has 10 nitrogen and oxygen atoms in total. The fourth-order valence-electron chi connectivity index (χ4n) is 4.32. The summed E-state index contributed by atoms with van der Waals surface area (Å²) in [5, 5.41) is 4.69. The van der Waals surface area contributed by atoms with Gasteiger partial charge < -0.3 is 9.72 Å². The van der Waals surface area contributed by atoms with Gasteiger partial charge in [-0.3, -0.25) is 9.59 Å². The lowest BCUT2D eigenvalue weighted by atomic mass is 9.92. The minimum absolute atomic E-state index is 0.0124. The van der Waals surface area contributed by atoms with E-state index in [-0.39, 0.29) is 51.6 Å². The fraction of sp³-hybridized carbons (Fsp3) is 0.233. The van der Waals surface area contributed by atoms with Gasteiger partial charge >= 0.3 is 0 Å². The quantitative estimate of drug-likeness (QED) is 0.280. The highest BCUT2D eigenvalue weighted by Crippen LogP contribution is 2.28. The second-order valence-corrected chi connectivity index (χ2v) is 13.0. The van der Waals surface area contributed by atoms with Crippen molar-refractivity contribution in [3.8, 4) is 17.2 Å². The number of sulfone groups is 1. The summed E-state index contributed by atoms with van der Waals surface area (Å²) < 4.78 is 46.3. The van der Waals surface area contributed by atoms with Crippen LogP contribution in [0.25, 0.3) is 16.9 Å². The Morgan fingerprint density at radius 3 is 2.43 bits per heavy atom. The standard InChI is InChI=1S/C30H28FN5O5S/c1-30(2,3)26-15-20(36(35-26)19-6-9-23(10-7-19)42(4,39)40)14-21(37)13-18-5-8-22(16-24(18)31)41-25-11-12-32-29-28(25)33-17-27(38)34-29/h5-12,15-17H,13-14H2,1-4H3,(H,32,34,38). The molecular weight excluding hydrogens is 561 g/mol. The first-order valence-electron chi connectivity index (χ1n) is 13.0. The third-order valence-electron chi connectivity index (χ3n) is 6.52. The van der Waals surface area contributed by atoms with Crippen molar-refractivity contribution in [3.63, 3.8) is 0 Å². The molecule has 1 N–H and O–H groups in total. The van der Waals surface area contributed by atoms with Crippen molar-refractivity contribution in [2.75, 3.05) is 6.26 Å². The highest BCUT2D eigenvalue weighted by Gasteiger charge is 2.22. The molecule has 42 heavy (non-hydrogen) atoms. The van der Waals surface area contributed by atoms with Crippen LogP contribution in [-0.4, -0.2) is 45.2 Å². The van der Waals surface area contributed by atoms with E-state index in [0.29, 0.717) is 16.9 Å². The lowest BCUT2D eigenvalue weighted by Crippen LogP contribution is -2.13. The molecule has 0 bridgehead atoms. The molecule has 5 aromatic rings. The number of halogens is 1. The van der Waals surface area contributed by atoms with Crippen molar-refractivity contribution in [1.82, 2.24) is 24.7 Å². The smallest absolute Gasteiger partial charge is 0.268 e. The molecule has 5 rings (SSSR count). The lowest BCUT2D eigenvalue weighted by molar-refractivity contribution is -0.117. The number of carbonyl (C=O) groups excluding carboxylic acids is 1. The molecule has 0 saturated heterocycles. The van der Waals surface area contributed by atoms with Crippen LogP contribution in [0.1, 0.15) is 37.7 Å². The van der Waals surface area contributed by atoms with Gasteiger partial charge in [-0.05, 0) is 42.0 Å². The Labute approximate surface area is 241 Å². The number of carbonyl (C=O) groups is 1. The molecule has 2 aromatic carbocycles. The van der Waals surface area contributed by atoms with Crippen LogP contribution in [0.5, 0.6) is 11.5 Å². The van der Waals surface area contributed by atoms with Gasteiger partial charge in [-0.15, -0.1) is 0 Å². The normalized spacial score (nSPS) is 12.0. The van der Waals surface area contributed by atoms with Gasteiger partial charge in [0.05, 0.1) is 28.2 Å². The second kappa shape index (κ2) is 10.9. The Morgan fingerprint density at radius 1 is 1.02 bits per heavy atom. The molecule has 0 radical (unpaired) electrons. The third kappa shape index (κ3) is 6.28. The topological polar surface area (TPSA) is 137 Å². The Bertz CT molecular complexity index is 1980. The number of nitrogens with one attached hydrogen (secondary N) is 1. The van der Waals surface area contributed by atoms with Crippen LogP contribution in [0.3, 0.4) is 0 Å². The first-order chi connectivity index (χ1) is 19.8. The predicted molar refractivity (Wildman–Crippen MR) is 154 cm³/mol. The molecule has 3 aromatic heterocycles. The lowest BCUT2D eigenvalue weighted by Gasteiger charge is -2.14. The molecule has 0 aliphatic carbocycles. The Hall–Kier alpha value is -4.71. The van der Waals surface area contributed by atoms with Gasteiger partial charge in [-0.25, -0.2) is 27.5 Å². The molecule has 0 saturated carbocycles. The number of aromatic amines is 1. The highest BCUT2D eigenvalue weighted by atomic mass is 32.2. The number of hydrogen-bond donors (Lipinski definition) is 1. The van der Waals surface area contributed by atoms with E-state index < -0.39 is 21.2 Å². The van der Waals surface area contributed by atoms with E-state index in [1.807, 2.05) is 26.8 Å². The Morgan fingerprint density at radius 2 is 1.76 bits per heavy atom. The van der Waals surface area contributed by atoms with E-state index in [1.165, 1.54) is 30.5 Å². The van der Waals surface area contributed by atoms with E-state index in [0.717, 1.165) is 18.1 Å². The molecule has 0 aliphatic rings. The maximum absolute atomic E-state index is 15.1. The number of rotatable bonds is 8. The van der Waals surface area contributed by atoms with Gasteiger partial charge in [-0.1, -0.05) is 26.8 Å². The van der Waals surface area contributed by atoms with E-state index in [1.54, 1.807) is 28.9 Å². The van der Waals surface area contributed by atoms with E-state index in [2.05, 4.69) is 15.0 Å². The van der Waals surface area contributed by atoms with Gasteiger partial charge in [0.25, 0.3) is 5.56 Å². The summed E-state index contributed by atoms with van der Waals surface area (Å²) in [5.41, 5.74) is 2.01. The summed E-state index contributed by atoms with van der Waals surface area (Å²) in [6.07, 6.45) is 3.51. The number of aromatic nitrogens is 5. The zero-order chi connectivity index (χ0) is 30.2. The van der Waals surface area contributed by atoms with Crippen molar-refractivity contribution in [2.45, 2.75) is 43.9 Å². The van der Waals surface area contributed by atoms with Crippen LogP contribution in [0.4, 0.5) is 4.39 Å². The van der Waals surface area contributed by atoms with Crippen molar-refractivity contribution in [3.05, 3.63) is 100 Å². The summed E-state index contributed by atoms with van der Waals surface area (Å²) in [6, 6.07) is 13.9. The summed E-state index contributed by atoms with van der Waals surface area (Å²) in [4.78, 5) is 35.5. The SMILES string of the molecule is CC(C)(C)c1cc(CC(=O)Cc2ccc(Oc3ccnc4[nH]c(=O)cnc34)cc2F)n(-c2ccc(S(C)(=O)=O)cc2)n1. The average Bonchev–Trinajstić information content (AvgIpc) is 3.34. The maximum Gasteiger partial charge on any atom is 0.268 e. The zero-order valence-corrected chi connectivity index (χ0v) is 24.2. The predicted octanol–water partition coefficient (Wildman–Crippen LogP) is 4.49. The number of pyridine rings is 1. The molecule has 0 amide bonds. The molecule has 0 aliphatic heterocycles. The molecule has 0 atom stereocenters. The van der Waals surface area contributed by atoms with E-state index in [9.17, 15) is 18.0 Å². The number of nitrogens with zero attached hydrogens (tertiary/aromatic N) is 4. The number of ether oxygens (including phenoxy) is 1. The Kier molecular flexibility index (Phi) is 7.50. The van der Waals surface area contributed by atoms with Crippen molar-refractivity contribution in [2.24, 2.45) is 0 Å². The van der Waals surface area contributed by atoms with Gasteiger partial charge in [0.1, 0.15) is 22.9 Å². The minimum atomic E-state index is -3.37. The van der Waals surface area contributed by atoms with Crippen molar-refractivity contribution < 1.29 is 22.3 Å². The first kappa shape index (κ1) is 28.8. The molecule has 3 heterocycles. The number of Topliss-reactive ketones (excluding diaryl/α,β-unsaturated/α-hetero) is 1. The molecule has 12 heteroatoms. The van der Waals surface area contributed by atoms with E-state index >= 15 is 4.39 Å². The number of benzene rings is 2. The number of fused-ring (bicyclic) bond motifs is 1. The summed E-state index contributed by atoms with van der Waals surface area (Å²) in [6.45, 7) is 6.00. The summed E-state index contributed by atoms with van der Waals surface area (Å²) in [5.74, 6) is -0.368. The van der Waals surface area contributed by atoms with Crippen LogP contribution in [-0.2, 0) is 32.9 Å². The van der Waals surface area contributed by atoms with E-state index in [4.69, 9.17) is 9.84 Å². The van der Waals surface area contributed by atoms with Crippen molar-refractivity contribution >= 4 is 26.8 Å². The van der Waals surface area contributed by atoms with Gasteiger partial charge in [0.2, 0.25) is 0 Å². The third-order valence-corrected chi connectivity index (χ3v) is 7.65. The van der Waals surface area contributed by atoms with Gasteiger partial charge in [0.15, 0.2) is 21.2 Å². The van der Waals surface area contributed by atoms with Crippen molar-refractivity contribution in [1.29, 1.82) is 0 Å². The largest absolute Gasteiger partial charge is 0.455 e. The monoisotopic (exact) mass is 589 g/mol. The second-order valence-electron chi connectivity index (χ2n) is 11.0. The van der Waals surface area contributed by atoms with Crippen LogP contribution in [0, 0.1) is 5.82 Å². The maximum atomic E-state index is 15.1. The number of H-pyrrole nitrogens is 1. The first-order valence-corrected chi connectivity index (χ1v) is 14.9. The van der Waals surface area contributed by atoms with Crippen LogP contribution in [0.15, 0.2) is 76.7 Å². The molecule has 216 valence electrons. The zero-order valence-electron chi connectivity index (χ0n) is 23.4.